The first-order valence-electron chi connectivity index (χ1n) is 4.59. The molecule has 0 aliphatic rings. The van der Waals surface area contributed by atoms with E-state index in [0.29, 0.717) is 0 Å². The molecule has 0 atom stereocenters. The van der Waals surface area contributed by atoms with Crippen molar-refractivity contribution < 1.29 is 14.3 Å². The predicted molar refractivity (Wildman–Crippen MR) is 56.9 cm³/mol. The van der Waals surface area contributed by atoms with E-state index in [4.69, 9.17) is 5.11 Å². The maximum atomic E-state index is 13.1. The molecule has 1 aromatic rings. The molecule has 0 radical (unpaired) electrons. The van der Waals surface area contributed by atoms with Gasteiger partial charge in [-0.1, -0.05) is 12.1 Å². The van der Waals surface area contributed by atoms with Gasteiger partial charge in [-0.2, -0.15) is 0 Å². The summed E-state index contributed by atoms with van der Waals surface area (Å²) in [5.41, 5.74) is -0.161. The number of nitrogens with zero attached hydrogens (tertiary/aromatic N) is 2. The lowest BCUT2D eigenvalue weighted by Crippen LogP contribution is -1.96. The van der Waals surface area contributed by atoms with Crippen LogP contribution in [0.5, 0.6) is 0 Å². The molecule has 1 rings (SSSR count). The van der Waals surface area contributed by atoms with Gasteiger partial charge in [0.2, 0.25) is 0 Å². The van der Waals surface area contributed by atoms with Crippen molar-refractivity contribution >= 4 is 11.5 Å². The summed E-state index contributed by atoms with van der Waals surface area (Å²) >= 11 is 0. The molecule has 0 fully saturated rings. The largest absolute Gasteiger partial charge is 0.510 e. The number of carbonyl (C=O) groups is 1. The Morgan fingerprint density at radius 2 is 1.94 bits per heavy atom. The second-order valence-electron chi connectivity index (χ2n) is 3.14. The van der Waals surface area contributed by atoms with Gasteiger partial charge in [-0.25, -0.2) is 4.39 Å². The highest BCUT2D eigenvalue weighted by molar-refractivity contribution is 5.93. The minimum Gasteiger partial charge on any atom is -0.510 e. The zero-order chi connectivity index (χ0) is 12.1. The second kappa shape index (κ2) is 5.16. The summed E-state index contributed by atoms with van der Waals surface area (Å²) in [5.74, 6) is -1.21. The third-order valence-corrected chi connectivity index (χ3v) is 1.79. The van der Waals surface area contributed by atoms with Crippen LogP contribution in [-0.2, 0) is 4.79 Å². The average molecular weight is 222 g/mol. The van der Waals surface area contributed by atoms with Crippen LogP contribution < -0.4 is 0 Å². The van der Waals surface area contributed by atoms with Crippen molar-refractivity contribution in [2.75, 3.05) is 0 Å². The van der Waals surface area contributed by atoms with Crippen molar-refractivity contribution in [1.82, 2.24) is 0 Å². The zero-order valence-electron chi connectivity index (χ0n) is 8.94. The molecule has 0 amide bonds. The lowest BCUT2D eigenvalue weighted by molar-refractivity contribution is -0.113. The number of halogens is 1. The summed E-state index contributed by atoms with van der Waals surface area (Å²) in [4.78, 5) is 11.0. The Labute approximate surface area is 92.1 Å². The van der Waals surface area contributed by atoms with Gasteiger partial charge in [-0.05, 0) is 19.1 Å². The molecular formula is C11H11FN2O2. The van der Waals surface area contributed by atoms with Crippen LogP contribution in [-0.4, -0.2) is 10.9 Å². The van der Waals surface area contributed by atoms with E-state index in [9.17, 15) is 9.18 Å². The Hall–Kier alpha value is -2.04. The number of azo groups is 1. The molecule has 0 unspecified atom stereocenters. The lowest BCUT2D eigenvalue weighted by Gasteiger charge is -1.97. The van der Waals surface area contributed by atoms with E-state index < -0.39 is 11.6 Å². The van der Waals surface area contributed by atoms with Gasteiger partial charge in [-0.15, -0.1) is 10.2 Å². The third-order valence-electron chi connectivity index (χ3n) is 1.79. The van der Waals surface area contributed by atoms with E-state index in [-0.39, 0.29) is 17.1 Å². The first kappa shape index (κ1) is 12.0. The highest BCUT2D eigenvalue weighted by atomic mass is 19.1. The zero-order valence-corrected chi connectivity index (χ0v) is 8.94. The first-order chi connectivity index (χ1) is 7.52. The highest BCUT2D eigenvalue weighted by Crippen LogP contribution is 2.18. The van der Waals surface area contributed by atoms with Gasteiger partial charge in [0.25, 0.3) is 0 Å². The number of aliphatic hydroxyl groups is 1. The number of benzene rings is 1. The smallest absolute Gasteiger partial charge is 0.183 e. The van der Waals surface area contributed by atoms with E-state index in [1.54, 1.807) is 6.07 Å². The van der Waals surface area contributed by atoms with Gasteiger partial charge in [0.05, 0.1) is 0 Å². The van der Waals surface area contributed by atoms with Crippen molar-refractivity contribution in [1.29, 1.82) is 0 Å². The SMILES string of the molecule is CC(=O)/C(N=Nc1ccccc1F)=C(/C)O. The van der Waals surface area contributed by atoms with Gasteiger partial charge in [-0.3, -0.25) is 4.79 Å². The number of aliphatic hydroxyl groups excluding tert-OH is 1. The summed E-state index contributed by atoms with van der Waals surface area (Å²) < 4.78 is 13.1. The van der Waals surface area contributed by atoms with Crippen LogP contribution >= 0.6 is 0 Å². The van der Waals surface area contributed by atoms with E-state index in [1.165, 1.54) is 32.0 Å². The molecule has 4 nitrogen and oxygen atoms in total. The number of allylic oxidation sites excluding steroid dienone is 2. The Kier molecular flexibility index (Phi) is 3.88. The number of hydrogen-bond donors (Lipinski definition) is 1. The summed E-state index contributed by atoms with van der Waals surface area (Å²) in [7, 11) is 0. The third kappa shape index (κ3) is 2.98. The monoisotopic (exact) mass is 222 g/mol. The Balaban J connectivity index is 3.02. The Morgan fingerprint density at radius 1 is 1.31 bits per heavy atom. The van der Waals surface area contributed by atoms with Crippen LogP contribution in [0.4, 0.5) is 10.1 Å². The molecule has 0 spiro atoms. The van der Waals surface area contributed by atoms with Crippen molar-refractivity contribution in [3.63, 3.8) is 0 Å². The molecule has 0 aromatic heterocycles. The van der Waals surface area contributed by atoms with Crippen LogP contribution in [0.15, 0.2) is 46.0 Å². The van der Waals surface area contributed by atoms with Gasteiger partial charge in [0.1, 0.15) is 11.4 Å². The van der Waals surface area contributed by atoms with E-state index in [0.717, 1.165) is 0 Å². The fourth-order valence-corrected chi connectivity index (χ4v) is 1.03. The van der Waals surface area contributed by atoms with Crippen LogP contribution in [0.1, 0.15) is 13.8 Å². The van der Waals surface area contributed by atoms with Crippen molar-refractivity contribution in [3.8, 4) is 0 Å². The fraction of sp³-hybridized carbons (Fsp3) is 0.182. The molecule has 0 aliphatic heterocycles. The number of ketones is 1. The normalized spacial score (nSPS) is 12.7. The van der Waals surface area contributed by atoms with Gasteiger partial charge in [0, 0.05) is 6.92 Å². The maximum Gasteiger partial charge on any atom is 0.183 e. The standard InChI is InChI=1S/C11H11FN2O2/c1-7(15)11(8(2)16)14-13-10-6-4-3-5-9(10)12/h3-6,15H,1-2H3/b11-7+,14-13?. The van der Waals surface area contributed by atoms with Crippen LogP contribution in [0.3, 0.4) is 0 Å². The average Bonchev–Trinajstić information content (AvgIpc) is 2.20. The van der Waals surface area contributed by atoms with Crippen molar-refractivity contribution in [2.45, 2.75) is 13.8 Å². The number of hydrogen-bond acceptors (Lipinski definition) is 4. The van der Waals surface area contributed by atoms with Gasteiger partial charge in [0.15, 0.2) is 17.3 Å². The van der Waals surface area contributed by atoms with Crippen LogP contribution in [0, 0.1) is 5.82 Å². The van der Waals surface area contributed by atoms with E-state index >= 15 is 0 Å². The van der Waals surface area contributed by atoms with Crippen LogP contribution in [0.2, 0.25) is 0 Å². The highest BCUT2D eigenvalue weighted by Gasteiger charge is 2.07. The lowest BCUT2D eigenvalue weighted by atomic mass is 10.3. The van der Waals surface area contributed by atoms with Gasteiger partial charge < -0.3 is 5.11 Å². The number of rotatable bonds is 3. The fourth-order valence-electron chi connectivity index (χ4n) is 1.03. The van der Waals surface area contributed by atoms with Crippen LogP contribution in [0.25, 0.3) is 0 Å². The molecule has 16 heavy (non-hydrogen) atoms. The van der Waals surface area contributed by atoms with E-state index in [2.05, 4.69) is 10.2 Å². The maximum absolute atomic E-state index is 13.1. The van der Waals surface area contributed by atoms with Crippen molar-refractivity contribution in [3.05, 3.63) is 41.5 Å². The quantitative estimate of drug-likeness (QED) is 0.484. The molecule has 1 aromatic carbocycles. The molecule has 0 saturated heterocycles. The topological polar surface area (TPSA) is 62.0 Å². The minimum atomic E-state index is -0.537. The molecule has 0 heterocycles. The second-order valence-corrected chi connectivity index (χ2v) is 3.14. The minimum absolute atomic E-state index is 0.0162. The summed E-state index contributed by atoms with van der Waals surface area (Å²) in [6.45, 7) is 2.56. The molecule has 0 saturated carbocycles. The summed E-state index contributed by atoms with van der Waals surface area (Å²) in [5, 5.41) is 16.2. The summed E-state index contributed by atoms with van der Waals surface area (Å²) in [6, 6.07) is 5.77. The molecule has 84 valence electrons. The van der Waals surface area contributed by atoms with E-state index in [1.807, 2.05) is 0 Å². The molecular weight excluding hydrogens is 211 g/mol. The Bertz CT molecular complexity index is 463. The molecule has 0 bridgehead atoms. The molecule has 0 aliphatic carbocycles. The Morgan fingerprint density at radius 3 is 2.44 bits per heavy atom. The predicted octanol–water partition coefficient (Wildman–Crippen LogP) is 3.29. The van der Waals surface area contributed by atoms with Gasteiger partial charge >= 0.3 is 0 Å². The number of Topliss-reactive ketones (excluding diaryl/α,β-unsaturated/α-hetero) is 1. The summed E-state index contributed by atoms with van der Waals surface area (Å²) in [6.07, 6.45) is 0. The first-order valence-corrected chi connectivity index (χ1v) is 4.59. The molecule has 1 N–H and O–H groups in total. The van der Waals surface area contributed by atoms with Crippen molar-refractivity contribution in [2.24, 2.45) is 10.2 Å². The number of carbonyl (C=O) groups excluding carboxylic acids is 1. The molecule has 5 heteroatoms.